The molecule has 0 radical (unpaired) electrons. The molecule has 0 heterocycles. The molecular formula is C38H79NO2. The molecule has 3 N–H and O–H groups in total. The van der Waals surface area contributed by atoms with Crippen molar-refractivity contribution < 1.29 is 10.2 Å². The van der Waals surface area contributed by atoms with Gasteiger partial charge in [-0.25, -0.2) is 0 Å². The van der Waals surface area contributed by atoms with E-state index in [0.29, 0.717) is 0 Å². The molecule has 248 valence electrons. The lowest BCUT2D eigenvalue weighted by Crippen LogP contribution is -2.38. The smallest absolute Gasteiger partial charge is 0.106 e. The molecule has 0 fully saturated rings. The fourth-order valence-electron chi connectivity index (χ4n) is 6.16. The van der Waals surface area contributed by atoms with E-state index in [-0.39, 0.29) is 0 Å². The number of nitrogens with one attached hydrogen (secondary N) is 1. The number of rotatable bonds is 36. The molecule has 3 heteroatoms. The van der Waals surface area contributed by atoms with Gasteiger partial charge in [0.2, 0.25) is 0 Å². The summed E-state index contributed by atoms with van der Waals surface area (Å²) in [7, 11) is 0. The molecule has 0 aromatic heterocycles. The largest absolute Gasteiger partial charge is 0.379 e. The molecule has 0 saturated heterocycles. The van der Waals surface area contributed by atoms with Crippen LogP contribution in [-0.4, -0.2) is 22.7 Å². The van der Waals surface area contributed by atoms with Crippen LogP contribution in [0.15, 0.2) is 0 Å². The fraction of sp³-hybridized carbons (Fsp3) is 1.00. The molecule has 0 saturated carbocycles. The van der Waals surface area contributed by atoms with Gasteiger partial charge < -0.3 is 10.2 Å². The highest BCUT2D eigenvalue weighted by atomic mass is 16.3. The maximum absolute atomic E-state index is 10.2. The Morgan fingerprint density at radius 1 is 0.293 bits per heavy atom. The van der Waals surface area contributed by atoms with Crippen LogP contribution in [0.3, 0.4) is 0 Å². The molecule has 0 spiro atoms. The second-order valence-corrected chi connectivity index (χ2v) is 13.4. The minimum atomic E-state index is -0.558. The Morgan fingerprint density at radius 3 is 0.659 bits per heavy atom. The van der Waals surface area contributed by atoms with E-state index in [1.54, 1.807) is 0 Å². The molecule has 0 bridgehead atoms. The first-order chi connectivity index (χ1) is 20.2. The Kier molecular flexibility index (Phi) is 36.0. The lowest BCUT2D eigenvalue weighted by molar-refractivity contribution is 0.0310. The Bertz CT molecular complexity index is 418. The van der Waals surface area contributed by atoms with Crippen LogP contribution in [0.4, 0.5) is 0 Å². The highest BCUT2D eigenvalue weighted by Gasteiger charge is 2.09. The summed E-state index contributed by atoms with van der Waals surface area (Å²) in [6, 6.07) is 0. The third-order valence-corrected chi connectivity index (χ3v) is 9.05. The molecule has 0 aromatic rings. The van der Waals surface area contributed by atoms with Crippen LogP contribution in [0.1, 0.15) is 232 Å². The summed E-state index contributed by atoms with van der Waals surface area (Å²) in [5, 5.41) is 23.4. The average molecular weight is 582 g/mol. The van der Waals surface area contributed by atoms with E-state index in [0.717, 1.165) is 25.7 Å². The predicted molar refractivity (Wildman–Crippen MR) is 183 cm³/mol. The number of hydrogen-bond acceptors (Lipinski definition) is 3. The van der Waals surface area contributed by atoms with E-state index in [1.807, 2.05) is 0 Å². The van der Waals surface area contributed by atoms with Gasteiger partial charge in [0, 0.05) is 0 Å². The van der Waals surface area contributed by atoms with Crippen molar-refractivity contribution in [2.75, 3.05) is 0 Å². The van der Waals surface area contributed by atoms with Crippen molar-refractivity contribution in [3.05, 3.63) is 0 Å². The first-order valence-electron chi connectivity index (χ1n) is 19.3. The molecular weight excluding hydrogens is 502 g/mol. The van der Waals surface area contributed by atoms with Crippen LogP contribution in [-0.2, 0) is 0 Å². The third-order valence-electron chi connectivity index (χ3n) is 9.05. The summed E-state index contributed by atoms with van der Waals surface area (Å²) in [6.45, 7) is 4.58. The van der Waals surface area contributed by atoms with Crippen LogP contribution in [0.5, 0.6) is 0 Å². The molecule has 0 amide bonds. The standard InChI is InChI=1S/C38H79NO2/c1-3-5-7-9-11-13-15-17-19-21-23-25-27-29-31-33-35-37(40)39-38(41)36-34-32-30-28-26-24-22-20-18-16-14-12-10-8-6-4-2/h37-41H,3-36H2,1-2H3. The summed E-state index contributed by atoms with van der Waals surface area (Å²) in [5.41, 5.74) is 0. The Labute approximate surface area is 259 Å². The van der Waals surface area contributed by atoms with E-state index in [1.165, 1.54) is 193 Å². The van der Waals surface area contributed by atoms with Gasteiger partial charge in [0.25, 0.3) is 0 Å². The Morgan fingerprint density at radius 2 is 0.463 bits per heavy atom. The molecule has 0 aliphatic carbocycles. The first kappa shape index (κ1) is 40.9. The van der Waals surface area contributed by atoms with Crippen LogP contribution in [0.2, 0.25) is 0 Å². The maximum atomic E-state index is 10.2. The van der Waals surface area contributed by atoms with E-state index in [9.17, 15) is 10.2 Å². The van der Waals surface area contributed by atoms with E-state index >= 15 is 0 Å². The normalized spacial score (nSPS) is 13.2. The number of aliphatic hydroxyl groups is 2. The summed E-state index contributed by atoms with van der Waals surface area (Å²) < 4.78 is 0. The minimum Gasteiger partial charge on any atom is -0.379 e. The zero-order valence-corrected chi connectivity index (χ0v) is 28.6. The van der Waals surface area contributed by atoms with Gasteiger partial charge in [0.15, 0.2) is 0 Å². The van der Waals surface area contributed by atoms with Crippen molar-refractivity contribution in [1.29, 1.82) is 0 Å². The summed E-state index contributed by atoms with van der Waals surface area (Å²) in [4.78, 5) is 0. The number of hydrogen-bond donors (Lipinski definition) is 3. The van der Waals surface area contributed by atoms with Crippen molar-refractivity contribution in [2.24, 2.45) is 0 Å². The van der Waals surface area contributed by atoms with E-state index in [2.05, 4.69) is 19.2 Å². The molecule has 0 rings (SSSR count). The summed E-state index contributed by atoms with van der Waals surface area (Å²) in [5.74, 6) is 0. The van der Waals surface area contributed by atoms with Crippen molar-refractivity contribution in [1.82, 2.24) is 5.32 Å². The van der Waals surface area contributed by atoms with Crippen molar-refractivity contribution >= 4 is 0 Å². The quantitative estimate of drug-likeness (QED) is 0.0509. The predicted octanol–water partition coefficient (Wildman–Crippen LogP) is 12.5. The van der Waals surface area contributed by atoms with Gasteiger partial charge in [-0.1, -0.05) is 206 Å². The van der Waals surface area contributed by atoms with E-state index in [4.69, 9.17) is 0 Å². The highest BCUT2D eigenvalue weighted by Crippen LogP contribution is 2.16. The van der Waals surface area contributed by atoms with E-state index < -0.39 is 12.5 Å². The van der Waals surface area contributed by atoms with Gasteiger partial charge in [0.05, 0.1) is 0 Å². The number of unbranched alkanes of at least 4 members (excludes halogenated alkanes) is 30. The minimum absolute atomic E-state index is 0.558. The second kappa shape index (κ2) is 36.1. The summed E-state index contributed by atoms with van der Waals surface area (Å²) in [6.07, 6.45) is 44.2. The average Bonchev–Trinajstić information content (AvgIpc) is 2.96. The SMILES string of the molecule is CCCCCCCCCCCCCCCCCCC(O)NC(O)CCCCCCCCCCCCCCCCCC. The zero-order valence-electron chi connectivity index (χ0n) is 28.6. The van der Waals surface area contributed by atoms with Gasteiger partial charge in [-0.2, -0.15) is 0 Å². The number of aliphatic hydroxyl groups excluding tert-OH is 2. The molecule has 0 aliphatic rings. The van der Waals surface area contributed by atoms with Crippen molar-refractivity contribution in [3.63, 3.8) is 0 Å². The van der Waals surface area contributed by atoms with Gasteiger partial charge in [-0.05, 0) is 25.7 Å². The topological polar surface area (TPSA) is 52.5 Å². The Balaban J connectivity index is 3.26. The molecule has 41 heavy (non-hydrogen) atoms. The zero-order chi connectivity index (χ0) is 29.9. The monoisotopic (exact) mass is 582 g/mol. The van der Waals surface area contributed by atoms with Gasteiger partial charge in [-0.15, -0.1) is 0 Å². The van der Waals surface area contributed by atoms with Crippen LogP contribution in [0, 0.1) is 0 Å². The molecule has 0 aliphatic heterocycles. The second-order valence-electron chi connectivity index (χ2n) is 13.4. The Hall–Kier alpha value is -0.120. The fourth-order valence-corrected chi connectivity index (χ4v) is 6.16. The first-order valence-corrected chi connectivity index (χ1v) is 19.3. The van der Waals surface area contributed by atoms with Crippen LogP contribution < -0.4 is 5.32 Å². The molecule has 0 aromatic carbocycles. The third kappa shape index (κ3) is 36.0. The van der Waals surface area contributed by atoms with Crippen LogP contribution >= 0.6 is 0 Å². The van der Waals surface area contributed by atoms with Gasteiger partial charge in [-0.3, -0.25) is 5.32 Å². The summed E-state index contributed by atoms with van der Waals surface area (Å²) >= 11 is 0. The van der Waals surface area contributed by atoms with Gasteiger partial charge >= 0.3 is 0 Å². The molecule has 2 unspecified atom stereocenters. The van der Waals surface area contributed by atoms with Crippen LogP contribution in [0.25, 0.3) is 0 Å². The van der Waals surface area contributed by atoms with Gasteiger partial charge in [0.1, 0.15) is 12.5 Å². The van der Waals surface area contributed by atoms with Crippen molar-refractivity contribution in [3.8, 4) is 0 Å². The molecule has 2 atom stereocenters. The van der Waals surface area contributed by atoms with Crippen molar-refractivity contribution in [2.45, 2.75) is 245 Å². The maximum Gasteiger partial charge on any atom is 0.106 e. The lowest BCUT2D eigenvalue weighted by Gasteiger charge is -2.18. The molecule has 3 nitrogen and oxygen atoms in total. The highest BCUT2D eigenvalue weighted by molar-refractivity contribution is 4.60. The lowest BCUT2D eigenvalue weighted by atomic mass is 10.0.